The van der Waals surface area contributed by atoms with Crippen LogP contribution >= 0.6 is 0 Å². The van der Waals surface area contributed by atoms with Gasteiger partial charge in [0.15, 0.2) is 0 Å². The standard InChI is InChI=1S/2C16H18.3C6H6O.3C2H6/c2*1-3-13-5-9-15(10-6-13)16-11-7-14(4-2)8-12-16;3*7-6-4-2-1-3-5-6;3*1-2/h2*5-12H,3-4H2,1-2H3;3*1-5,7H;3*1-2H3. The number of aromatic hydroxyl groups is 3. The summed E-state index contributed by atoms with van der Waals surface area (Å²) >= 11 is 0. The summed E-state index contributed by atoms with van der Waals surface area (Å²) in [6, 6.07) is 61.5. The van der Waals surface area contributed by atoms with Gasteiger partial charge in [0.1, 0.15) is 17.2 Å². The average Bonchev–Trinajstić information content (AvgIpc) is 3.33. The van der Waals surface area contributed by atoms with Crippen LogP contribution in [0, 0.1) is 0 Å². The third-order valence-corrected chi connectivity index (χ3v) is 8.38. The number of benzene rings is 7. The minimum absolute atomic E-state index is 0.322. The molecule has 0 bridgehead atoms. The highest BCUT2D eigenvalue weighted by Crippen LogP contribution is 2.22. The molecule has 3 nitrogen and oxygen atoms in total. The van der Waals surface area contributed by atoms with Crippen LogP contribution < -0.4 is 0 Å². The molecular weight excluding hydrogens is 721 g/mol. The molecular formula is C56H72O3. The SMILES string of the molecule is CC.CC.CC.CCc1ccc(-c2ccc(CC)cc2)cc1.CCc1ccc(-c2ccc(CC)cc2)cc1.Oc1ccccc1.Oc1ccccc1.Oc1ccccc1. The van der Waals surface area contributed by atoms with E-state index in [2.05, 4.69) is 125 Å². The molecule has 0 saturated heterocycles. The Kier molecular flexibility index (Phi) is 31.5. The summed E-state index contributed by atoms with van der Waals surface area (Å²) < 4.78 is 0. The fourth-order valence-electron chi connectivity index (χ4n) is 5.02. The van der Waals surface area contributed by atoms with Crippen LogP contribution in [0.15, 0.2) is 188 Å². The Bertz CT molecular complexity index is 1650. The Balaban J connectivity index is 0.000000723. The van der Waals surface area contributed by atoms with Gasteiger partial charge in [-0.3, -0.25) is 0 Å². The second-order valence-electron chi connectivity index (χ2n) is 12.2. The molecule has 7 aromatic carbocycles. The maximum absolute atomic E-state index is 8.63. The summed E-state index contributed by atoms with van der Waals surface area (Å²) in [6.45, 7) is 20.7. The second-order valence-corrected chi connectivity index (χ2v) is 12.2. The summed E-state index contributed by atoms with van der Waals surface area (Å²) in [6.07, 6.45) is 4.42. The maximum atomic E-state index is 8.63. The Hall–Kier alpha value is -6.06. The van der Waals surface area contributed by atoms with Crippen molar-refractivity contribution in [2.75, 3.05) is 0 Å². The molecule has 0 fully saturated rings. The topological polar surface area (TPSA) is 60.7 Å². The van der Waals surface area contributed by atoms with Crippen LogP contribution in [0.5, 0.6) is 17.2 Å². The van der Waals surface area contributed by atoms with Crippen LogP contribution in [-0.2, 0) is 25.7 Å². The third-order valence-electron chi connectivity index (χ3n) is 8.38. The maximum Gasteiger partial charge on any atom is 0.115 e. The van der Waals surface area contributed by atoms with Crippen molar-refractivity contribution in [3.05, 3.63) is 210 Å². The van der Waals surface area contributed by atoms with E-state index in [1.807, 2.05) is 59.7 Å². The number of para-hydroxylation sites is 3. The van der Waals surface area contributed by atoms with Crippen LogP contribution in [0.3, 0.4) is 0 Å². The largest absolute Gasteiger partial charge is 0.508 e. The summed E-state index contributed by atoms with van der Waals surface area (Å²) in [5, 5.41) is 25.9. The van der Waals surface area contributed by atoms with Gasteiger partial charge in [-0.1, -0.05) is 221 Å². The Labute approximate surface area is 358 Å². The van der Waals surface area contributed by atoms with Crippen LogP contribution in [0.2, 0.25) is 0 Å². The van der Waals surface area contributed by atoms with Crippen LogP contribution in [0.1, 0.15) is 91.5 Å². The molecule has 0 aliphatic carbocycles. The van der Waals surface area contributed by atoms with Gasteiger partial charge in [-0.05, 0) is 107 Å². The lowest BCUT2D eigenvalue weighted by Crippen LogP contribution is -1.83. The quantitative estimate of drug-likeness (QED) is 0.157. The molecule has 0 aliphatic rings. The molecule has 3 N–H and O–H groups in total. The van der Waals surface area contributed by atoms with E-state index in [9.17, 15) is 0 Å². The fraction of sp³-hybridized carbons (Fsp3) is 0.250. The van der Waals surface area contributed by atoms with Gasteiger partial charge in [-0.15, -0.1) is 0 Å². The van der Waals surface area contributed by atoms with Crippen molar-refractivity contribution in [2.45, 2.75) is 94.9 Å². The number of hydrogen-bond donors (Lipinski definition) is 3. The van der Waals surface area contributed by atoms with Gasteiger partial charge in [-0.2, -0.15) is 0 Å². The van der Waals surface area contributed by atoms with Gasteiger partial charge in [-0.25, -0.2) is 0 Å². The van der Waals surface area contributed by atoms with Crippen molar-refractivity contribution in [1.29, 1.82) is 0 Å². The summed E-state index contributed by atoms with van der Waals surface area (Å²) in [7, 11) is 0. The molecule has 0 amide bonds. The highest BCUT2D eigenvalue weighted by atomic mass is 16.3. The molecule has 0 saturated carbocycles. The Morgan fingerprint density at radius 2 is 0.390 bits per heavy atom. The van der Waals surface area contributed by atoms with Crippen molar-refractivity contribution in [3.8, 4) is 39.5 Å². The normalized spacial score (nSPS) is 8.98. The van der Waals surface area contributed by atoms with Gasteiger partial charge in [0.25, 0.3) is 0 Å². The third kappa shape index (κ3) is 23.7. The number of phenols is 3. The van der Waals surface area contributed by atoms with E-state index >= 15 is 0 Å². The van der Waals surface area contributed by atoms with Crippen molar-refractivity contribution in [2.24, 2.45) is 0 Å². The molecule has 3 heteroatoms. The number of phenolic OH excluding ortho intramolecular Hbond substituents is 3. The minimum atomic E-state index is 0.322. The first-order valence-electron chi connectivity index (χ1n) is 21.4. The minimum Gasteiger partial charge on any atom is -0.508 e. The zero-order chi connectivity index (χ0) is 44.1. The summed E-state index contributed by atoms with van der Waals surface area (Å²) in [5.74, 6) is 0.965. The van der Waals surface area contributed by atoms with E-state index in [4.69, 9.17) is 15.3 Å². The predicted molar refractivity (Wildman–Crippen MR) is 260 cm³/mol. The molecule has 0 unspecified atom stereocenters. The van der Waals surface area contributed by atoms with E-state index < -0.39 is 0 Å². The zero-order valence-electron chi connectivity index (χ0n) is 37.6. The van der Waals surface area contributed by atoms with Gasteiger partial charge < -0.3 is 15.3 Å². The van der Waals surface area contributed by atoms with Crippen LogP contribution in [0.25, 0.3) is 22.3 Å². The lowest BCUT2D eigenvalue weighted by Gasteiger charge is -2.04. The smallest absolute Gasteiger partial charge is 0.115 e. The Morgan fingerprint density at radius 1 is 0.237 bits per heavy atom. The van der Waals surface area contributed by atoms with Crippen molar-refractivity contribution >= 4 is 0 Å². The van der Waals surface area contributed by atoms with Crippen molar-refractivity contribution < 1.29 is 15.3 Å². The first-order chi connectivity index (χ1) is 28.8. The molecule has 314 valence electrons. The van der Waals surface area contributed by atoms with Gasteiger partial charge in [0.2, 0.25) is 0 Å². The highest BCUT2D eigenvalue weighted by Gasteiger charge is 1.99. The highest BCUT2D eigenvalue weighted by molar-refractivity contribution is 5.64. The molecule has 59 heavy (non-hydrogen) atoms. The number of rotatable bonds is 6. The van der Waals surface area contributed by atoms with Gasteiger partial charge >= 0.3 is 0 Å². The lowest BCUT2D eigenvalue weighted by atomic mass is 10.0. The number of aryl methyl sites for hydroxylation is 4. The second kappa shape index (κ2) is 35.1. The van der Waals surface area contributed by atoms with Crippen molar-refractivity contribution in [1.82, 2.24) is 0 Å². The van der Waals surface area contributed by atoms with Crippen LogP contribution in [0.4, 0.5) is 0 Å². The van der Waals surface area contributed by atoms with E-state index in [-0.39, 0.29) is 0 Å². The van der Waals surface area contributed by atoms with E-state index in [1.165, 1.54) is 44.5 Å². The molecule has 0 aromatic heterocycles. The first-order valence-corrected chi connectivity index (χ1v) is 21.4. The monoisotopic (exact) mass is 793 g/mol. The molecule has 7 aromatic rings. The molecule has 0 aliphatic heterocycles. The molecule has 7 rings (SSSR count). The van der Waals surface area contributed by atoms with E-state index in [1.54, 1.807) is 72.8 Å². The molecule has 0 heterocycles. The zero-order valence-corrected chi connectivity index (χ0v) is 37.6. The van der Waals surface area contributed by atoms with E-state index in [0.29, 0.717) is 17.2 Å². The first kappa shape index (κ1) is 52.9. The fourth-order valence-corrected chi connectivity index (χ4v) is 5.02. The summed E-state index contributed by atoms with van der Waals surface area (Å²) in [4.78, 5) is 0. The van der Waals surface area contributed by atoms with Crippen LogP contribution in [-0.4, -0.2) is 15.3 Å². The average molecular weight is 793 g/mol. The molecule has 0 spiro atoms. The molecule has 0 radical (unpaired) electrons. The Morgan fingerprint density at radius 3 is 0.492 bits per heavy atom. The lowest BCUT2D eigenvalue weighted by molar-refractivity contribution is 0.475. The molecule has 0 atom stereocenters. The van der Waals surface area contributed by atoms with Gasteiger partial charge in [0, 0.05) is 0 Å². The predicted octanol–water partition coefficient (Wildman–Crippen LogP) is 16.2. The van der Waals surface area contributed by atoms with E-state index in [0.717, 1.165) is 25.7 Å². The van der Waals surface area contributed by atoms with Gasteiger partial charge in [0.05, 0.1) is 0 Å². The summed E-state index contributed by atoms with van der Waals surface area (Å²) in [5.41, 5.74) is 10.8. The van der Waals surface area contributed by atoms with Crippen molar-refractivity contribution in [3.63, 3.8) is 0 Å². The number of hydrogen-bond acceptors (Lipinski definition) is 3.